The van der Waals surface area contributed by atoms with Gasteiger partial charge in [-0.15, -0.1) is 0 Å². The van der Waals surface area contributed by atoms with Gasteiger partial charge in [-0.05, 0) is 41.5 Å². The van der Waals surface area contributed by atoms with Crippen molar-refractivity contribution in [1.29, 1.82) is 5.26 Å². The standard InChI is InChI=1S/C25H19N5O4/c1-15(31)24(32)29-19-7-3-6-18(9-19)22-13-28-23-21(22)10-20(12-27-23)30-25(33)34-14-17-5-2-4-16(8-17)11-26/h2-10,12-13H,14H2,1H3,(H,27,28)(H,29,32)(H,30,33). The molecule has 0 atom stereocenters. The van der Waals surface area contributed by atoms with Gasteiger partial charge in [0.05, 0.1) is 23.5 Å². The third kappa shape index (κ3) is 5.08. The molecule has 168 valence electrons. The largest absolute Gasteiger partial charge is 0.444 e. The van der Waals surface area contributed by atoms with Crippen LogP contribution in [0.5, 0.6) is 0 Å². The summed E-state index contributed by atoms with van der Waals surface area (Å²) < 4.78 is 5.25. The number of aromatic amines is 1. The normalized spacial score (nSPS) is 10.4. The molecule has 0 aliphatic rings. The van der Waals surface area contributed by atoms with Crippen LogP contribution in [0.4, 0.5) is 16.2 Å². The van der Waals surface area contributed by atoms with E-state index in [1.165, 1.54) is 13.1 Å². The van der Waals surface area contributed by atoms with Gasteiger partial charge in [0.15, 0.2) is 0 Å². The van der Waals surface area contributed by atoms with Gasteiger partial charge in [-0.25, -0.2) is 9.78 Å². The Morgan fingerprint density at radius 2 is 1.88 bits per heavy atom. The van der Waals surface area contributed by atoms with Crippen LogP contribution in [-0.4, -0.2) is 27.8 Å². The second kappa shape index (κ2) is 9.67. The number of aromatic nitrogens is 2. The zero-order valence-corrected chi connectivity index (χ0v) is 18.1. The first kappa shape index (κ1) is 22.2. The molecule has 0 unspecified atom stereocenters. The monoisotopic (exact) mass is 453 g/mol. The maximum Gasteiger partial charge on any atom is 0.412 e. The molecule has 34 heavy (non-hydrogen) atoms. The fourth-order valence-corrected chi connectivity index (χ4v) is 3.33. The van der Waals surface area contributed by atoms with Gasteiger partial charge in [0.1, 0.15) is 12.3 Å². The minimum atomic E-state index is -0.693. The lowest BCUT2D eigenvalue weighted by atomic mass is 10.0. The molecule has 0 bridgehead atoms. The van der Waals surface area contributed by atoms with E-state index in [4.69, 9.17) is 10.00 Å². The molecule has 0 radical (unpaired) electrons. The molecule has 2 aromatic carbocycles. The average Bonchev–Trinajstić information content (AvgIpc) is 3.26. The molecule has 0 spiro atoms. The van der Waals surface area contributed by atoms with Gasteiger partial charge in [0.25, 0.3) is 5.91 Å². The number of ketones is 1. The Labute approximate surface area is 194 Å². The number of hydrogen-bond acceptors (Lipinski definition) is 6. The van der Waals surface area contributed by atoms with Crippen LogP contribution in [0.1, 0.15) is 18.1 Å². The molecule has 0 saturated carbocycles. The molecule has 4 aromatic rings. The van der Waals surface area contributed by atoms with Gasteiger partial charge in [0.2, 0.25) is 5.78 Å². The summed E-state index contributed by atoms with van der Waals surface area (Å²) in [5.41, 5.74) is 4.30. The number of Topliss-reactive ketones (excluding diaryl/α,β-unsaturated/α-hetero) is 1. The number of rotatable bonds is 6. The number of H-pyrrole nitrogens is 1. The number of carbonyl (C=O) groups is 3. The molecular weight excluding hydrogens is 434 g/mol. The zero-order valence-electron chi connectivity index (χ0n) is 18.1. The third-order valence-corrected chi connectivity index (χ3v) is 4.95. The van der Waals surface area contributed by atoms with E-state index in [-0.39, 0.29) is 6.61 Å². The number of nitriles is 1. The number of pyridine rings is 1. The van der Waals surface area contributed by atoms with E-state index < -0.39 is 17.8 Å². The van der Waals surface area contributed by atoms with Gasteiger partial charge in [-0.3, -0.25) is 14.9 Å². The number of nitrogens with zero attached hydrogens (tertiary/aromatic N) is 2. The van der Waals surface area contributed by atoms with Crippen molar-refractivity contribution in [3.05, 3.63) is 78.1 Å². The van der Waals surface area contributed by atoms with Crippen molar-refractivity contribution in [3.8, 4) is 17.2 Å². The number of nitrogens with one attached hydrogen (secondary N) is 3. The van der Waals surface area contributed by atoms with E-state index in [0.29, 0.717) is 28.1 Å². The number of carbonyl (C=O) groups excluding carboxylic acids is 3. The first-order valence-corrected chi connectivity index (χ1v) is 10.3. The van der Waals surface area contributed by atoms with E-state index >= 15 is 0 Å². The van der Waals surface area contributed by atoms with Gasteiger partial charge in [-0.1, -0.05) is 24.3 Å². The van der Waals surface area contributed by atoms with Crippen molar-refractivity contribution in [3.63, 3.8) is 0 Å². The van der Waals surface area contributed by atoms with Crippen LogP contribution in [0.25, 0.3) is 22.2 Å². The Morgan fingerprint density at radius 1 is 1.06 bits per heavy atom. The summed E-state index contributed by atoms with van der Waals surface area (Å²) in [5, 5.41) is 14.9. The number of fused-ring (bicyclic) bond motifs is 1. The third-order valence-electron chi connectivity index (χ3n) is 4.95. The van der Waals surface area contributed by atoms with Gasteiger partial charge in [0, 0.05) is 29.8 Å². The fourth-order valence-electron chi connectivity index (χ4n) is 3.33. The predicted octanol–water partition coefficient (Wildman–Crippen LogP) is 4.38. The zero-order chi connectivity index (χ0) is 24.1. The van der Waals surface area contributed by atoms with Gasteiger partial charge < -0.3 is 15.0 Å². The SMILES string of the molecule is CC(=O)C(=O)Nc1cccc(-c2c[nH]c3ncc(NC(=O)OCc4cccc(C#N)c4)cc23)c1. The molecule has 3 N–H and O–H groups in total. The summed E-state index contributed by atoms with van der Waals surface area (Å²) in [6.45, 7) is 1.22. The number of amides is 2. The van der Waals surface area contributed by atoms with Crippen LogP contribution in [-0.2, 0) is 20.9 Å². The predicted molar refractivity (Wildman–Crippen MR) is 126 cm³/mol. The summed E-state index contributed by atoms with van der Waals surface area (Å²) in [4.78, 5) is 42.6. The molecule has 2 amide bonds. The first-order valence-electron chi connectivity index (χ1n) is 10.3. The quantitative estimate of drug-likeness (QED) is 0.371. The van der Waals surface area contributed by atoms with E-state index in [1.807, 2.05) is 12.1 Å². The molecule has 0 aliphatic heterocycles. The Hall–Kier alpha value is -4.97. The summed E-state index contributed by atoms with van der Waals surface area (Å²) in [6.07, 6.45) is 2.62. The van der Waals surface area contributed by atoms with Crippen molar-refractivity contribution in [2.24, 2.45) is 0 Å². The van der Waals surface area contributed by atoms with Crippen molar-refractivity contribution < 1.29 is 19.1 Å². The Balaban J connectivity index is 1.50. The minimum Gasteiger partial charge on any atom is -0.444 e. The van der Waals surface area contributed by atoms with Crippen LogP contribution >= 0.6 is 0 Å². The lowest BCUT2D eigenvalue weighted by Gasteiger charge is -2.08. The summed E-state index contributed by atoms with van der Waals surface area (Å²) in [5.74, 6) is -1.27. The molecule has 2 heterocycles. The molecule has 9 heteroatoms. The minimum absolute atomic E-state index is 0.0191. The number of benzene rings is 2. The van der Waals surface area contributed by atoms with Gasteiger partial charge >= 0.3 is 6.09 Å². The summed E-state index contributed by atoms with van der Waals surface area (Å²) in [7, 11) is 0. The maximum atomic E-state index is 12.3. The van der Waals surface area contributed by atoms with E-state index in [9.17, 15) is 14.4 Å². The van der Waals surface area contributed by atoms with Gasteiger partial charge in [-0.2, -0.15) is 5.26 Å². The van der Waals surface area contributed by atoms with Crippen molar-refractivity contribution in [1.82, 2.24) is 9.97 Å². The number of anilines is 2. The van der Waals surface area contributed by atoms with Crippen LogP contribution in [0.15, 0.2) is 67.0 Å². The second-order valence-electron chi connectivity index (χ2n) is 7.43. The Bertz CT molecular complexity index is 1450. The first-order chi connectivity index (χ1) is 16.4. The highest BCUT2D eigenvalue weighted by molar-refractivity contribution is 6.39. The maximum absolute atomic E-state index is 12.3. The van der Waals surface area contributed by atoms with E-state index in [0.717, 1.165) is 16.5 Å². The molecule has 0 saturated heterocycles. The smallest absolute Gasteiger partial charge is 0.412 e. The molecule has 9 nitrogen and oxygen atoms in total. The van der Waals surface area contributed by atoms with Crippen LogP contribution in [0, 0.1) is 11.3 Å². The summed E-state index contributed by atoms with van der Waals surface area (Å²) in [6, 6.07) is 17.7. The molecule has 0 fully saturated rings. The van der Waals surface area contributed by atoms with E-state index in [2.05, 4.69) is 20.6 Å². The highest BCUT2D eigenvalue weighted by atomic mass is 16.5. The molecule has 2 aromatic heterocycles. The number of hydrogen-bond donors (Lipinski definition) is 3. The van der Waals surface area contributed by atoms with Crippen LogP contribution < -0.4 is 10.6 Å². The highest BCUT2D eigenvalue weighted by Crippen LogP contribution is 2.31. The summed E-state index contributed by atoms with van der Waals surface area (Å²) >= 11 is 0. The lowest BCUT2D eigenvalue weighted by molar-refractivity contribution is -0.133. The molecule has 4 rings (SSSR count). The van der Waals surface area contributed by atoms with E-state index in [1.54, 1.807) is 54.7 Å². The Morgan fingerprint density at radius 3 is 2.68 bits per heavy atom. The van der Waals surface area contributed by atoms with Crippen LogP contribution in [0.3, 0.4) is 0 Å². The molecular formula is C25H19N5O4. The fraction of sp³-hybridized carbons (Fsp3) is 0.0800. The highest BCUT2D eigenvalue weighted by Gasteiger charge is 2.12. The topological polar surface area (TPSA) is 137 Å². The van der Waals surface area contributed by atoms with Crippen molar-refractivity contribution in [2.45, 2.75) is 13.5 Å². The lowest BCUT2D eigenvalue weighted by Crippen LogP contribution is -2.19. The van der Waals surface area contributed by atoms with Crippen molar-refractivity contribution >= 4 is 40.2 Å². The molecule has 0 aliphatic carbocycles. The number of ether oxygens (including phenoxy) is 1. The average molecular weight is 453 g/mol. The second-order valence-corrected chi connectivity index (χ2v) is 7.43. The van der Waals surface area contributed by atoms with Crippen LogP contribution in [0.2, 0.25) is 0 Å². The Kier molecular flexibility index (Phi) is 6.32. The van der Waals surface area contributed by atoms with Crippen molar-refractivity contribution in [2.75, 3.05) is 10.6 Å².